The first-order valence-electron chi connectivity index (χ1n) is 12.4. The lowest BCUT2D eigenvalue weighted by Gasteiger charge is -2.39. The van der Waals surface area contributed by atoms with Crippen LogP contribution in [-0.4, -0.2) is 40.8 Å². The number of nitrogens with one attached hydrogen (secondary N) is 2. The number of hydrogen-bond acceptors (Lipinski definition) is 7. The van der Waals surface area contributed by atoms with Crippen LogP contribution in [0, 0.1) is 5.92 Å². The normalized spacial score (nSPS) is 18.7. The second kappa shape index (κ2) is 10.1. The quantitative estimate of drug-likeness (QED) is 0.469. The maximum absolute atomic E-state index is 12.4. The van der Waals surface area contributed by atoms with E-state index < -0.39 is 5.60 Å². The number of carbonyl (C=O) groups is 1. The van der Waals surface area contributed by atoms with Crippen molar-refractivity contribution < 1.29 is 13.9 Å². The van der Waals surface area contributed by atoms with Gasteiger partial charge in [0.25, 0.3) is 0 Å². The Balaban J connectivity index is 1.47. The first kappa shape index (κ1) is 24.8. The van der Waals surface area contributed by atoms with Gasteiger partial charge in [-0.05, 0) is 57.2 Å². The highest BCUT2D eigenvalue weighted by Gasteiger charge is 2.29. The molecule has 0 bridgehead atoms. The van der Waals surface area contributed by atoms with Crippen molar-refractivity contribution in [2.24, 2.45) is 5.92 Å². The van der Waals surface area contributed by atoms with Gasteiger partial charge in [0, 0.05) is 30.9 Å². The molecule has 35 heavy (non-hydrogen) atoms. The molecule has 1 aliphatic heterocycles. The maximum atomic E-state index is 12.4. The summed E-state index contributed by atoms with van der Waals surface area (Å²) in [7, 11) is 0. The van der Waals surface area contributed by atoms with Crippen LogP contribution >= 0.6 is 0 Å². The van der Waals surface area contributed by atoms with E-state index in [0.29, 0.717) is 24.9 Å². The summed E-state index contributed by atoms with van der Waals surface area (Å²) >= 11 is 0. The van der Waals surface area contributed by atoms with Crippen molar-refractivity contribution in [1.82, 2.24) is 15.3 Å². The second-order valence-corrected chi connectivity index (χ2v) is 10.8. The summed E-state index contributed by atoms with van der Waals surface area (Å²) in [6.07, 6.45) is 6.00. The van der Waals surface area contributed by atoms with E-state index in [0.717, 1.165) is 46.7 Å². The van der Waals surface area contributed by atoms with Gasteiger partial charge in [-0.3, -0.25) is 4.98 Å². The summed E-state index contributed by atoms with van der Waals surface area (Å²) in [5.41, 5.74) is 5.28. The number of carbonyl (C=O) groups excluding carboxylic acids is 1. The molecule has 0 aromatic carbocycles. The summed E-state index contributed by atoms with van der Waals surface area (Å²) in [6.45, 7) is 14.3. The Morgan fingerprint density at radius 1 is 1.26 bits per heavy atom. The van der Waals surface area contributed by atoms with Gasteiger partial charge in [-0.1, -0.05) is 20.8 Å². The first-order valence-corrected chi connectivity index (χ1v) is 12.4. The zero-order valence-corrected chi connectivity index (χ0v) is 21.6. The lowest BCUT2D eigenvalue weighted by Crippen LogP contribution is -2.51. The molecule has 0 saturated carbocycles. The monoisotopic (exact) mass is 479 g/mol. The van der Waals surface area contributed by atoms with Gasteiger partial charge in [0.15, 0.2) is 5.58 Å². The van der Waals surface area contributed by atoms with Gasteiger partial charge in [0.2, 0.25) is 0 Å². The Morgan fingerprint density at radius 2 is 2.06 bits per heavy atom. The van der Waals surface area contributed by atoms with E-state index in [1.54, 1.807) is 12.5 Å². The summed E-state index contributed by atoms with van der Waals surface area (Å²) in [5, 5.41) is 6.58. The van der Waals surface area contributed by atoms with E-state index in [9.17, 15) is 4.79 Å². The molecule has 188 valence electrons. The van der Waals surface area contributed by atoms with Crippen molar-refractivity contribution in [1.29, 1.82) is 0 Å². The van der Waals surface area contributed by atoms with Gasteiger partial charge >= 0.3 is 6.09 Å². The summed E-state index contributed by atoms with van der Waals surface area (Å²) in [5.74, 6) is 0.768. The lowest BCUT2D eigenvalue weighted by atomic mass is 9.95. The lowest BCUT2D eigenvalue weighted by molar-refractivity contribution is 0.0495. The smallest absolute Gasteiger partial charge is 0.407 e. The minimum absolute atomic E-state index is 0.00855. The molecule has 0 radical (unpaired) electrons. The van der Waals surface area contributed by atoms with Gasteiger partial charge in [-0.2, -0.15) is 0 Å². The fourth-order valence-corrected chi connectivity index (χ4v) is 4.59. The summed E-state index contributed by atoms with van der Waals surface area (Å²) in [6, 6.07) is 6.00. The number of nitrogens with zero attached hydrogens (tertiary/aromatic N) is 3. The molecular formula is C27H37N5O3. The molecule has 4 heterocycles. The Morgan fingerprint density at radius 3 is 2.80 bits per heavy atom. The van der Waals surface area contributed by atoms with Crippen LogP contribution in [0.2, 0.25) is 0 Å². The van der Waals surface area contributed by atoms with Gasteiger partial charge < -0.3 is 24.7 Å². The standard InChI is InChI=1S/C27H37N5O3/c1-17(2)21-16-34-24-8-7-19(30-25(21)24)12-29-22-13-28-10-9-23(22)32-14-18(3)11-20(15-32)31-26(33)35-27(4,5)6/h7-10,13,16-18,20,29H,11-12,14-15H2,1-6H3,(H,31,33)/t18-,20+/m1/s1. The average Bonchev–Trinajstić information content (AvgIpc) is 3.19. The molecule has 8 nitrogen and oxygen atoms in total. The highest BCUT2D eigenvalue weighted by molar-refractivity contribution is 5.77. The van der Waals surface area contributed by atoms with Crippen molar-refractivity contribution in [3.05, 3.63) is 48.1 Å². The van der Waals surface area contributed by atoms with Crippen LogP contribution in [0.5, 0.6) is 0 Å². The Labute approximate surface area is 207 Å². The zero-order chi connectivity index (χ0) is 25.2. The number of amides is 1. The number of aromatic nitrogens is 2. The number of anilines is 2. The third-order valence-electron chi connectivity index (χ3n) is 6.10. The molecule has 8 heteroatoms. The first-order chi connectivity index (χ1) is 16.6. The van der Waals surface area contributed by atoms with Crippen LogP contribution in [0.1, 0.15) is 65.1 Å². The van der Waals surface area contributed by atoms with Crippen LogP contribution in [-0.2, 0) is 11.3 Å². The molecule has 3 aromatic heterocycles. The Bertz CT molecular complexity index is 1170. The predicted molar refractivity (Wildman–Crippen MR) is 139 cm³/mol. The molecule has 2 N–H and O–H groups in total. The average molecular weight is 480 g/mol. The predicted octanol–water partition coefficient (Wildman–Crippen LogP) is 5.70. The molecular weight excluding hydrogens is 442 g/mol. The van der Waals surface area contributed by atoms with Crippen LogP contribution in [0.4, 0.5) is 16.2 Å². The molecule has 1 amide bonds. The fraction of sp³-hybridized carbons (Fsp3) is 0.519. The molecule has 1 fully saturated rings. The van der Waals surface area contributed by atoms with E-state index in [1.165, 1.54) is 0 Å². The van der Waals surface area contributed by atoms with Gasteiger partial charge in [-0.15, -0.1) is 0 Å². The van der Waals surface area contributed by atoms with E-state index >= 15 is 0 Å². The van der Waals surface area contributed by atoms with Gasteiger partial charge in [0.05, 0.1) is 36.1 Å². The fourth-order valence-electron chi connectivity index (χ4n) is 4.59. The molecule has 1 saturated heterocycles. The highest BCUT2D eigenvalue weighted by Crippen LogP contribution is 2.30. The topological polar surface area (TPSA) is 92.5 Å². The van der Waals surface area contributed by atoms with Crippen LogP contribution in [0.25, 0.3) is 11.1 Å². The van der Waals surface area contributed by atoms with Crippen molar-refractivity contribution in [3.63, 3.8) is 0 Å². The number of fused-ring (bicyclic) bond motifs is 1. The molecule has 2 atom stereocenters. The van der Waals surface area contributed by atoms with E-state index in [1.807, 2.05) is 45.2 Å². The molecule has 0 aliphatic carbocycles. The molecule has 4 rings (SSSR count). The number of pyridine rings is 2. The van der Waals surface area contributed by atoms with Crippen LogP contribution in [0.3, 0.4) is 0 Å². The van der Waals surface area contributed by atoms with Crippen molar-refractivity contribution in [2.45, 2.75) is 72.1 Å². The maximum Gasteiger partial charge on any atom is 0.407 e. The SMILES string of the molecule is CC(C)c1coc2ccc(CNc3cnccc3N3C[C@H](C)C[C@H](NC(=O)OC(C)(C)C)C3)nc12. The number of rotatable bonds is 6. The largest absolute Gasteiger partial charge is 0.462 e. The van der Waals surface area contributed by atoms with Gasteiger partial charge in [0.1, 0.15) is 11.1 Å². The van der Waals surface area contributed by atoms with Crippen molar-refractivity contribution in [2.75, 3.05) is 23.3 Å². The molecule has 0 spiro atoms. The molecule has 0 unspecified atom stereocenters. The number of furan rings is 1. The van der Waals surface area contributed by atoms with E-state index in [2.05, 4.69) is 41.3 Å². The van der Waals surface area contributed by atoms with Crippen molar-refractivity contribution in [3.8, 4) is 0 Å². The third-order valence-corrected chi connectivity index (χ3v) is 6.10. The minimum atomic E-state index is -0.518. The zero-order valence-electron chi connectivity index (χ0n) is 21.6. The third kappa shape index (κ3) is 6.24. The van der Waals surface area contributed by atoms with Crippen LogP contribution in [0.15, 0.2) is 41.3 Å². The minimum Gasteiger partial charge on any atom is -0.462 e. The number of piperidine rings is 1. The molecule has 1 aliphatic rings. The number of ether oxygens (including phenoxy) is 1. The Kier molecular flexibility index (Phi) is 7.19. The van der Waals surface area contributed by atoms with E-state index in [-0.39, 0.29) is 12.1 Å². The number of alkyl carbamates (subject to hydrolysis) is 1. The van der Waals surface area contributed by atoms with E-state index in [4.69, 9.17) is 14.1 Å². The van der Waals surface area contributed by atoms with Crippen LogP contribution < -0.4 is 15.5 Å². The number of hydrogen-bond donors (Lipinski definition) is 2. The summed E-state index contributed by atoms with van der Waals surface area (Å²) in [4.78, 5) is 23.9. The van der Waals surface area contributed by atoms with Gasteiger partial charge in [-0.25, -0.2) is 9.78 Å². The summed E-state index contributed by atoms with van der Waals surface area (Å²) < 4.78 is 11.1. The van der Waals surface area contributed by atoms with Crippen molar-refractivity contribution >= 4 is 28.6 Å². The Hall–Kier alpha value is -3.29. The molecule has 3 aromatic rings. The highest BCUT2D eigenvalue weighted by atomic mass is 16.6. The second-order valence-electron chi connectivity index (χ2n) is 10.8.